The second-order valence-corrected chi connectivity index (χ2v) is 3.59. The standard InChI is InChI=1S/C11H21NO2/c1-4-6-7-10(9(3)13)8-12-11(14)5-2/h5,9-10,13H,2,4,6-8H2,1,3H3,(H,12,14). The third-order valence-corrected chi connectivity index (χ3v) is 2.33. The van der Waals surface area contributed by atoms with Gasteiger partial charge in [0.25, 0.3) is 0 Å². The molecule has 0 saturated heterocycles. The van der Waals surface area contributed by atoms with E-state index < -0.39 is 0 Å². The van der Waals surface area contributed by atoms with Crippen LogP contribution in [-0.2, 0) is 4.79 Å². The Morgan fingerprint density at radius 1 is 1.64 bits per heavy atom. The zero-order valence-corrected chi connectivity index (χ0v) is 9.12. The Kier molecular flexibility index (Phi) is 7.11. The maximum atomic E-state index is 10.9. The summed E-state index contributed by atoms with van der Waals surface area (Å²) >= 11 is 0. The van der Waals surface area contributed by atoms with E-state index in [-0.39, 0.29) is 17.9 Å². The number of carbonyl (C=O) groups excluding carboxylic acids is 1. The van der Waals surface area contributed by atoms with Crippen molar-refractivity contribution in [2.75, 3.05) is 6.54 Å². The molecular weight excluding hydrogens is 178 g/mol. The van der Waals surface area contributed by atoms with E-state index in [0.29, 0.717) is 6.54 Å². The van der Waals surface area contributed by atoms with Gasteiger partial charge in [-0.1, -0.05) is 26.3 Å². The van der Waals surface area contributed by atoms with Gasteiger partial charge in [-0.25, -0.2) is 0 Å². The van der Waals surface area contributed by atoms with E-state index in [1.807, 2.05) is 0 Å². The van der Waals surface area contributed by atoms with Gasteiger partial charge in [0, 0.05) is 12.5 Å². The molecule has 0 aliphatic carbocycles. The third kappa shape index (κ3) is 5.75. The van der Waals surface area contributed by atoms with E-state index in [9.17, 15) is 9.90 Å². The third-order valence-electron chi connectivity index (χ3n) is 2.33. The Morgan fingerprint density at radius 2 is 2.29 bits per heavy atom. The normalized spacial score (nSPS) is 14.5. The molecule has 0 aliphatic heterocycles. The molecule has 0 spiro atoms. The molecule has 1 amide bonds. The fourth-order valence-electron chi connectivity index (χ4n) is 1.28. The average Bonchev–Trinajstić information content (AvgIpc) is 2.16. The van der Waals surface area contributed by atoms with Gasteiger partial charge in [-0.3, -0.25) is 4.79 Å². The van der Waals surface area contributed by atoms with Crippen molar-refractivity contribution in [1.29, 1.82) is 0 Å². The molecule has 0 aromatic rings. The molecule has 0 radical (unpaired) electrons. The molecule has 0 fully saturated rings. The van der Waals surface area contributed by atoms with Gasteiger partial charge in [0.05, 0.1) is 6.10 Å². The Morgan fingerprint density at radius 3 is 2.71 bits per heavy atom. The van der Waals surface area contributed by atoms with Gasteiger partial charge in [0.2, 0.25) is 5.91 Å². The van der Waals surface area contributed by atoms with Gasteiger partial charge >= 0.3 is 0 Å². The molecule has 0 saturated carbocycles. The van der Waals surface area contributed by atoms with Crippen LogP contribution in [0.15, 0.2) is 12.7 Å². The summed E-state index contributed by atoms with van der Waals surface area (Å²) in [4.78, 5) is 10.9. The number of aliphatic hydroxyl groups is 1. The lowest BCUT2D eigenvalue weighted by Gasteiger charge is -2.19. The second-order valence-electron chi connectivity index (χ2n) is 3.59. The SMILES string of the molecule is C=CC(=O)NCC(CCCC)C(C)O. The van der Waals surface area contributed by atoms with E-state index in [2.05, 4.69) is 18.8 Å². The fraction of sp³-hybridized carbons (Fsp3) is 0.727. The lowest BCUT2D eigenvalue weighted by atomic mass is 9.97. The van der Waals surface area contributed by atoms with Crippen LogP contribution in [0.1, 0.15) is 33.1 Å². The number of hydrogen-bond donors (Lipinski definition) is 2. The molecule has 0 aliphatic rings. The van der Waals surface area contributed by atoms with Crippen LogP contribution in [0, 0.1) is 5.92 Å². The van der Waals surface area contributed by atoms with E-state index in [0.717, 1.165) is 19.3 Å². The highest BCUT2D eigenvalue weighted by Crippen LogP contribution is 2.11. The predicted molar refractivity (Wildman–Crippen MR) is 57.9 cm³/mol. The van der Waals surface area contributed by atoms with Crippen LogP contribution in [0.25, 0.3) is 0 Å². The summed E-state index contributed by atoms with van der Waals surface area (Å²) in [7, 11) is 0. The van der Waals surface area contributed by atoms with Gasteiger partial charge < -0.3 is 10.4 Å². The fourth-order valence-corrected chi connectivity index (χ4v) is 1.28. The quantitative estimate of drug-likeness (QED) is 0.610. The highest BCUT2D eigenvalue weighted by Gasteiger charge is 2.14. The number of nitrogens with one attached hydrogen (secondary N) is 1. The molecule has 2 unspecified atom stereocenters. The van der Waals surface area contributed by atoms with Gasteiger partial charge in [0.1, 0.15) is 0 Å². The summed E-state index contributed by atoms with van der Waals surface area (Å²) in [5.74, 6) is -0.0222. The molecule has 0 aromatic heterocycles. The van der Waals surface area contributed by atoms with Crippen molar-refractivity contribution in [1.82, 2.24) is 5.32 Å². The maximum Gasteiger partial charge on any atom is 0.243 e. The minimum absolute atomic E-state index is 0.152. The summed E-state index contributed by atoms with van der Waals surface area (Å²) in [6.07, 6.45) is 4.02. The van der Waals surface area contributed by atoms with Crippen LogP contribution in [0.2, 0.25) is 0 Å². The topological polar surface area (TPSA) is 49.3 Å². The van der Waals surface area contributed by atoms with Crippen LogP contribution in [0.4, 0.5) is 0 Å². The molecule has 3 nitrogen and oxygen atoms in total. The van der Waals surface area contributed by atoms with Gasteiger partial charge in [-0.15, -0.1) is 0 Å². The number of unbranched alkanes of at least 4 members (excludes halogenated alkanes) is 1. The summed E-state index contributed by atoms with van der Waals surface area (Å²) in [5.41, 5.74) is 0. The first-order chi connectivity index (χ1) is 6.61. The smallest absolute Gasteiger partial charge is 0.243 e. The molecule has 0 rings (SSSR count). The van der Waals surface area contributed by atoms with E-state index in [1.165, 1.54) is 6.08 Å². The summed E-state index contributed by atoms with van der Waals surface area (Å²) in [5, 5.41) is 12.2. The highest BCUT2D eigenvalue weighted by atomic mass is 16.3. The Bertz CT molecular complexity index is 178. The van der Waals surface area contributed by atoms with E-state index in [1.54, 1.807) is 6.92 Å². The van der Waals surface area contributed by atoms with Crippen molar-refractivity contribution in [2.45, 2.75) is 39.2 Å². The van der Waals surface area contributed by atoms with Crippen LogP contribution in [0.5, 0.6) is 0 Å². The molecule has 82 valence electrons. The van der Waals surface area contributed by atoms with Crippen LogP contribution in [-0.4, -0.2) is 23.7 Å². The zero-order valence-electron chi connectivity index (χ0n) is 9.12. The van der Waals surface area contributed by atoms with Crippen molar-refractivity contribution in [3.05, 3.63) is 12.7 Å². The molecule has 14 heavy (non-hydrogen) atoms. The highest BCUT2D eigenvalue weighted by molar-refractivity contribution is 5.86. The summed E-state index contributed by atoms with van der Waals surface area (Å²) in [6, 6.07) is 0. The number of aliphatic hydroxyl groups excluding tert-OH is 1. The second kappa shape index (κ2) is 7.56. The zero-order chi connectivity index (χ0) is 11.0. The number of rotatable bonds is 7. The Labute approximate surface area is 86.2 Å². The number of carbonyl (C=O) groups is 1. The monoisotopic (exact) mass is 199 g/mol. The van der Waals surface area contributed by atoms with Crippen molar-refractivity contribution in [2.24, 2.45) is 5.92 Å². The number of hydrogen-bond acceptors (Lipinski definition) is 2. The minimum atomic E-state index is -0.369. The average molecular weight is 199 g/mol. The van der Waals surface area contributed by atoms with Crippen molar-refractivity contribution < 1.29 is 9.90 Å². The van der Waals surface area contributed by atoms with Crippen LogP contribution < -0.4 is 5.32 Å². The first kappa shape index (κ1) is 13.2. The van der Waals surface area contributed by atoms with E-state index >= 15 is 0 Å². The summed E-state index contributed by atoms with van der Waals surface area (Å²) in [6.45, 7) is 7.78. The lowest BCUT2D eigenvalue weighted by molar-refractivity contribution is -0.116. The molecule has 2 N–H and O–H groups in total. The van der Waals surface area contributed by atoms with Crippen molar-refractivity contribution >= 4 is 5.91 Å². The molecule has 3 heteroatoms. The van der Waals surface area contributed by atoms with Crippen LogP contribution >= 0.6 is 0 Å². The van der Waals surface area contributed by atoms with Crippen molar-refractivity contribution in [3.8, 4) is 0 Å². The van der Waals surface area contributed by atoms with Crippen LogP contribution in [0.3, 0.4) is 0 Å². The van der Waals surface area contributed by atoms with Crippen molar-refractivity contribution in [3.63, 3.8) is 0 Å². The molecule has 0 bridgehead atoms. The maximum absolute atomic E-state index is 10.9. The number of amides is 1. The molecular formula is C11H21NO2. The first-order valence-corrected chi connectivity index (χ1v) is 5.20. The van der Waals surface area contributed by atoms with Gasteiger partial charge in [-0.05, 0) is 19.4 Å². The van der Waals surface area contributed by atoms with E-state index in [4.69, 9.17) is 0 Å². The summed E-state index contributed by atoms with van der Waals surface area (Å²) < 4.78 is 0. The van der Waals surface area contributed by atoms with Gasteiger partial charge in [0.15, 0.2) is 0 Å². The molecule has 0 heterocycles. The largest absolute Gasteiger partial charge is 0.393 e. The molecule has 0 aromatic carbocycles. The predicted octanol–water partition coefficient (Wildman–Crippen LogP) is 1.48. The Balaban J connectivity index is 3.84. The van der Waals surface area contributed by atoms with Gasteiger partial charge in [-0.2, -0.15) is 0 Å². The Hall–Kier alpha value is -0.830. The first-order valence-electron chi connectivity index (χ1n) is 5.20. The minimum Gasteiger partial charge on any atom is -0.393 e. The molecule has 2 atom stereocenters. The lowest BCUT2D eigenvalue weighted by Crippen LogP contribution is -2.32.